The molecule has 2 aliphatic rings. The van der Waals surface area contributed by atoms with Crippen molar-refractivity contribution in [1.82, 2.24) is 24.9 Å². The van der Waals surface area contributed by atoms with Gasteiger partial charge in [0.05, 0.1) is 17.7 Å². The number of aryl methyl sites for hydroxylation is 1. The molecule has 0 amide bonds. The first-order chi connectivity index (χ1) is 12.1. The van der Waals surface area contributed by atoms with Gasteiger partial charge in [0.2, 0.25) is 5.89 Å². The summed E-state index contributed by atoms with van der Waals surface area (Å²) in [6.45, 7) is 4.74. The minimum Gasteiger partial charge on any atom is -0.339 e. The summed E-state index contributed by atoms with van der Waals surface area (Å²) in [5.74, 6) is 1.98. The van der Waals surface area contributed by atoms with Crippen molar-refractivity contribution in [3.05, 3.63) is 27.8 Å². The van der Waals surface area contributed by atoms with Crippen molar-refractivity contribution < 1.29 is 8.91 Å². The first kappa shape index (κ1) is 17.1. The van der Waals surface area contributed by atoms with Crippen LogP contribution in [-0.2, 0) is 13.1 Å². The molecule has 25 heavy (non-hydrogen) atoms. The first-order valence-corrected chi connectivity index (χ1v) is 9.74. The molecule has 0 unspecified atom stereocenters. The second-order valence-electron chi connectivity index (χ2n) is 7.30. The van der Waals surface area contributed by atoms with E-state index in [-0.39, 0.29) is 6.04 Å². The van der Waals surface area contributed by atoms with Crippen LogP contribution in [0.1, 0.15) is 47.5 Å². The summed E-state index contributed by atoms with van der Waals surface area (Å²) in [5.41, 5.74) is 2.92. The molecule has 1 saturated carbocycles. The predicted molar refractivity (Wildman–Crippen MR) is 93.2 cm³/mol. The fourth-order valence-electron chi connectivity index (χ4n) is 3.46. The molecule has 0 aromatic carbocycles. The molecule has 2 fully saturated rings. The molecule has 8 heteroatoms. The lowest BCUT2D eigenvalue weighted by Crippen LogP contribution is -2.38. The molecule has 0 radical (unpaired) electrons. The van der Waals surface area contributed by atoms with Gasteiger partial charge in [0, 0.05) is 36.5 Å². The van der Waals surface area contributed by atoms with Gasteiger partial charge in [-0.15, -0.1) is 11.3 Å². The summed E-state index contributed by atoms with van der Waals surface area (Å²) in [6, 6.07) is 0.205. The topological polar surface area (TPSA) is 58.3 Å². The minimum absolute atomic E-state index is 0.205. The summed E-state index contributed by atoms with van der Waals surface area (Å²) in [6.07, 6.45) is 2.15. The van der Waals surface area contributed by atoms with Crippen LogP contribution < -0.4 is 0 Å². The van der Waals surface area contributed by atoms with Gasteiger partial charge in [-0.1, -0.05) is 5.16 Å². The van der Waals surface area contributed by atoms with Crippen LogP contribution in [0.25, 0.3) is 0 Å². The molecule has 0 spiro atoms. The molecule has 1 aliphatic carbocycles. The Kier molecular flexibility index (Phi) is 4.84. The number of hydrogen-bond acceptors (Lipinski definition) is 7. The first-order valence-electron chi connectivity index (χ1n) is 8.86. The molecule has 2 aromatic heterocycles. The number of aromatic nitrogens is 3. The monoisotopic (exact) mass is 365 g/mol. The van der Waals surface area contributed by atoms with Gasteiger partial charge in [0.25, 0.3) is 0 Å². The highest BCUT2D eigenvalue weighted by Gasteiger charge is 2.34. The van der Waals surface area contributed by atoms with Crippen molar-refractivity contribution in [3.8, 4) is 0 Å². The van der Waals surface area contributed by atoms with Crippen LogP contribution in [-0.4, -0.2) is 57.3 Å². The van der Waals surface area contributed by atoms with Gasteiger partial charge in [-0.2, -0.15) is 4.98 Å². The molecule has 1 saturated heterocycles. The van der Waals surface area contributed by atoms with Gasteiger partial charge in [-0.3, -0.25) is 9.80 Å². The number of likely N-dealkylation sites (tertiary alicyclic amines) is 1. The number of rotatable bonds is 7. The van der Waals surface area contributed by atoms with Gasteiger partial charge >= 0.3 is 0 Å². The summed E-state index contributed by atoms with van der Waals surface area (Å²) < 4.78 is 19.3. The van der Waals surface area contributed by atoms with Crippen LogP contribution in [0.5, 0.6) is 0 Å². The summed E-state index contributed by atoms with van der Waals surface area (Å²) >= 11 is 1.65. The fourth-order valence-corrected chi connectivity index (χ4v) is 4.26. The highest BCUT2D eigenvalue weighted by Crippen LogP contribution is 2.38. The van der Waals surface area contributed by atoms with E-state index >= 15 is 0 Å². The molecular formula is C17H24FN5OS. The number of likely N-dealkylation sites (N-methyl/N-ethyl adjacent to an activating group) is 1. The second-order valence-corrected chi connectivity index (χ2v) is 8.24. The Balaban J connectivity index is 1.34. The van der Waals surface area contributed by atoms with Crippen LogP contribution >= 0.6 is 11.3 Å². The van der Waals surface area contributed by atoms with Crippen LogP contribution in [0.15, 0.2) is 10.0 Å². The molecule has 2 atom stereocenters. The van der Waals surface area contributed by atoms with Crippen molar-refractivity contribution >= 4 is 11.3 Å². The molecular weight excluding hydrogens is 341 g/mol. The van der Waals surface area contributed by atoms with Gasteiger partial charge in [0.15, 0.2) is 5.82 Å². The van der Waals surface area contributed by atoms with E-state index in [0.717, 1.165) is 43.3 Å². The Bertz CT molecular complexity index is 715. The Hall–Kier alpha value is -1.38. The average Bonchev–Trinajstić information content (AvgIpc) is 3.03. The normalized spacial score (nSPS) is 24.5. The minimum atomic E-state index is -0.752. The van der Waals surface area contributed by atoms with E-state index in [1.807, 2.05) is 19.5 Å². The smallest absolute Gasteiger partial charge is 0.229 e. The number of hydrogen-bond donors (Lipinski definition) is 0. The maximum absolute atomic E-state index is 14.0. The lowest BCUT2D eigenvalue weighted by molar-refractivity contribution is 0.179. The van der Waals surface area contributed by atoms with E-state index < -0.39 is 6.17 Å². The quantitative estimate of drug-likeness (QED) is 0.752. The fraction of sp³-hybridized carbons (Fsp3) is 0.706. The number of nitrogens with zero attached hydrogens (tertiary/aromatic N) is 5. The molecule has 1 aliphatic heterocycles. The highest BCUT2D eigenvalue weighted by atomic mass is 32.1. The van der Waals surface area contributed by atoms with Crippen molar-refractivity contribution in [2.45, 2.75) is 57.4 Å². The van der Waals surface area contributed by atoms with Gasteiger partial charge in [0.1, 0.15) is 6.17 Å². The van der Waals surface area contributed by atoms with E-state index in [1.54, 1.807) is 11.3 Å². The Morgan fingerprint density at radius 3 is 3.00 bits per heavy atom. The zero-order valence-corrected chi connectivity index (χ0v) is 15.5. The average molecular weight is 365 g/mol. The molecule has 0 bridgehead atoms. The molecule has 136 valence electrons. The van der Waals surface area contributed by atoms with Crippen molar-refractivity contribution in [1.29, 1.82) is 0 Å². The number of alkyl halides is 1. The molecule has 2 aromatic rings. The van der Waals surface area contributed by atoms with Crippen molar-refractivity contribution in [2.24, 2.45) is 0 Å². The van der Waals surface area contributed by atoms with Gasteiger partial charge in [-0.25, -0.2) is 9.37 Å². The zero-order chi connectivity index (χ0) is 17.4. The third-order valence-corrected chi connectivity index (χ3v) is 5.93. The van der Waals surface area contributed by atoms with E-state index in [9.17, 15) is 4.39 Å². The molecule has 6 nitrogen and oxygen atoms in total. The SMILES string of the molecule is Cc1ncsc1CN1C[C@@H](F)C[C@H]1CN(C)Cc1noc(C2CC2)n1. The largest absolute Gasteiger partial charge is 0.339 e. The Labute approximate surface area is 151 Å². The lowest BCUT2D eigenvalue weighted by atomic mass is 10.2. The Morgan fingerprint density at radius 2 is 2.28 bits per heavy atom. The van der Waals surface area contributed by atoms with Crippen LogP contribution in [0, 0.1) is 6.92 Å². The van der Waals surface area contributed by atoms with Crippen molar-refractivity contribution in [3.63, 3.8) is 0 Å². The van der Waals surface area contributed by atoms with Crippen LogP contribution in [0.3, 0.4) is 0 Å². The van der Waals surface area contributed by atoms with Crippen molar-refractivity contribution in [2.75, 3.05) is 20.1 Å². The standard InChI is InChI=1S/C17H24FN5OS/c1-11-15(25-10-19-11)8-23-6-13(18)5-14(23)7-22(2)9-16-20-17(24-21-16)12-3-4-12/h10,12-14H,3-9H2,1-2H3/t13-,14-/m0/s1. The second kappa shape index (κ2) is 7.09. The highest BCUT2D eigenvalue weighted by molar-refractivity contribution is 7.09. The number of halogens is 1. The number of thiazole rings is 1. The van der Waals surface area contributed by atoms with Gasteiger partial charge < -0.3 is 4.52 Å². The summed E-state index contributed by atoms with van der Waals surface area (Å²) in [5, 5.41) is 4.08. The van der Waals surface area contributed by atoms with E-state index in [2.05, 4.69) is 24.9 Å². The maximum Gasteiger partial charge on any atom is 0.229 e. The molecule has 3 heterocycles. The predicted octanol–water partition coefficient (Wildman–Crippen LogP) is 2.76. The summed E-state index contributed by atoms with van der Waals surface area (Å²) in [7, 11) is 2.04. The third-order valence-electron chi connectivity index (χ3n) is 5.01. The third kappa shape index (κ3) is 4.07. The van der Waals surface area contributed by atoms with E-state index in [4.69, 9.17) is 4.52 Å². The zero-order valence-electron chi connectivity index (χ0n) is 14.7. The van der Waals surface area contributed by atoms with Gasteiger partial charge in [-0.05, 0) is 33.2 Å². The Morgan fingerprint density at radius 1 is 1.44 bits per heavy atom. The van der Waals surface area contributed by atoms with E-state index in [0.29, 0.717) is 25.4 Å². The maximum atomic E-state index is 14.0. The van der Waals surface area contributed by atoms with E-state index in [1.165, 1.54) is 4.88 Å². The van der Waals surface area contributed by atoms with Crippen LogP contribution in [0.4, 0.5) is 4.39 Å². The molecule has 4 rings (SSSR count). The lowest BCUT2D eigenvalue weighted by Gasteiger charge is -2.27. The van der Waals surface area contributed by atoms with Crippen LogP contribution in [0.2, 0.25) is 0 Å². The summed E-state index contributed by atoms with van der Waals surface area (Å²) in [4.78, 5) is 14.4. The molecule has 0 N–H and O–H groups in total.